The van der Waals surface area contributed by atoms with Crippen LogP contribution >= 0.6 is 11.6 Å². The molecule has 3 heteroatoms. The lowest BCUT2D eigenvalue weighted by atomic mass is 9.68. The van der Waals surface area contributed by atoms with Crippen molar-refractivity contribution in [1.29, 1.82) is 0 Å². The van der Waals surface area contributed by atoms with Crippen molar-refractivity contribution in [1.82, 2.24) is 9.55 Å². The van der Waals surface area contributed by atoms with E-state index >= 15 is 0 Å². The molecule has 0 amide bonds. The minimum absolute atomic E-state index is 0.111. The van der Waals surface area contributed by atoms with Crippen LogP contribution in [0.2, 0.25) is 5.02 Å². The van der Waals surface area contributed by atoms with Gasteiger partial charge in [-0.3, -0.25) is 0 Å². The highest BCUT2D eigenvalue weighted by Gasteiger charge is 2.51. The molecule has 2 nitrogen and oxygen atoms in total. The molecule has 0 fully saturated rings. The summed E-state index contributed by atoms with van der Waals surface area (Å²) in [5, 5.41) is 3.49. The third-order valence-corrected chi connectivity index (χ3v) is 9.31. The van der Waals surface area contributed by atoms with Crippen LogP contribution in [0.25, 0.3) is 21.8 Å². The number of halogens is 1. The predicted molar refractivity (Wildman–Crippen MR) is 164 cm³/mol. The SMILES string of the molecule is Cc1ccc2c(c1)c([C@@H]1c3[nH]c4c(C)cccc4c3[C@@H](c3ccccc3Cl)C1(C)C)cn2Cc1ccccc1. The molecule has 2 aromatic heterocycles. The summed E-state index contributed by atoms with van der Waals surface area (Å²) in [6, 6.07) is 32.7. The molecule has 0 saturated carbocycles. The Balaban J connectivity index is 1.51. The van der Waals surface area contributed by atoms with Gasteiger partial charge in [-0.2, -0.15) is 0 Å². The van der Waals surface area contributed by atoms with E-state index in [1.54, 1.807) is 0 Å². The van der Waals surface area contributed by atoms with Crippen LogP contribution in [-0.2, 0) is 6.54 Å². The van der Waals surface area contributed by atoms with Gasteiger partial charge in [0.2, 0.25) is 0 Å². The third-order valence-electron chi connectivity index (χ3n) is 8.97. The number of H-pyrrole nitrogens is 1. The van der Waals surface area contributed by atoms with Gasteiger partial charge in [-0.1, -0.05) is 104 Å². The van der Waals surface area contributed by atoms with Crippen molar-refractivity contribution in [2.45, 2.75) is 46.1 Å². The van der Waals surface area contributed by atoms with Crippen LogP contribution in [0.1, 0.15) is 64.8 Å². The molecule has 0 spiro atoms. The van der Waals surface area contributed by atoms with E-state index in [1.165, 1.54) is 60.9 Å². The Bertz CT molecular complexity index is 1850. The maximum absolute atomic E-state index is 6.94. The molecule has 0 unspecified atom stereocenters. The van der Waals surface area contributed by atoms with Crippen LogP contribution in [0.3, 0.4) is 0 Å². The molecule has 2 heterocycles. The number of aryl methyl sites for hydroxylation is 2. The summed E-state index contributed by atoms with van der Waals surface area (Å²) < 4.78 is 2.44. The second kappa shape index (κ2) is 8.89. The van der Waals surface area contributed by atoms with Crippen LogP contribution < -0.4 is 0 Å². The van der Waals surface area contributed by atoms with Crippen LogP contribution in [-0.4, -0.2) is 9.55 Å². The predicted octanol–water partition coefficient (Wildman–Crippen LogP) is 9.74. The second-order valence-corrected chi connectivity index (χ2v) is 12.3. The minimum atomic E-state index is -0.111. The Labute approximate surface area is 235 Å². The molecule has 0 saturated heterocycles. The van der Waals surface area contributed by atoms with E-state index in [2.05, 4.69) is 122 Å². The smallest absolute Gasteiger partial charge is 0.0489 e. The van der Waals surface area contributed by atoms with Gasteiger partial charge in [-0.15, -0.1) is 0 Å². The lowest BCUT2D eigenvalue weighted by molar-refractivity contribution is 0.307. The summed E-state index contributed by atoms with van der Waals surface area (Å²) in [5.74, 6) is 0.348. The zero-order valence-electron chi connectivity index (χ0n) is 22.9. The summed E-state index contributed by atoms with van der Waals surface area (Å²) in [6.07, 6.45) is 2.42. The average Bonchev–Trinajstić information content (AvgIpc) is 3.52. The number of fused-ring (bicyclic) bond motifs is 4. The van der Waals surface area contributed by atoms with E-state index in [1.807, 2.05) is 12.1 Å². The lowest BCUT2D eigenvalue weighted by Gasteiger charge is -2.35. The molecule has 2 atom stereocenters. The number of para-hydroxylation sites is 1. The molecule has 1 aliphatic carbocycles. The number of aromatic nitrogens is 2. The Morgan fingerprint density at radius 2 is 1.56 bits per heavy atom. The van der Waals surface area contributed by atoms with E-state index < -0.39 is 0 Å². The molecule has 0 radical (unpaired) electrons. The Morgan fingerprint density at radius 3 is 2.36 bits per heavy atom. The normalized spacial score (nSPS) is 18.2. The van der Waals surface area contributed by atoms with Gasteiger partial charge in [0.1, 0.15) is 0 Å². The number of hydrogen-bond donors (Lipinski definition) is 1. The molecular formula is C36H33ClN2. The summed E-state index contributed by atoms with van der Waals surface area (Å²) >= 11 is 6.94. The molecule has 7 rings (SSSR count). The molecule has 194 valence electrons. The van der Waals surface area contributed by atoms with Crippen molar-refractivity contribution in [3.63, 3.8) is 0 Å². The van der Waals surface area contributed by atoms with Crippen molar-refractivity contribution in [2.24, 2.45) is 5.41 Å². The van der Waals surface area contributed by atoms with Gasteiger partial charge < -0.3 is 9.55 Å². The first-order valence-electron chi connectivity index (χ1n) is 13.8. The van der Waals surface area contributed by atoms with Gasteiger partial charge in [0.15, 0.2) is 0 Å². The first kappa shape index (κ1) is 24.3. The molecule has 39 heavy (non-hydrogen) atoms. The highest BCUT2D eigenvalue weighted by molar-refractivity contribution is 6.31. The van der Waals surface area contributed by atoms with Crippen molar-refractivity contribution in [2.75, 3.05) is 0 Å². The number of nitrogens with one attached hydrogen (secondary N) is 1. The fraction of sp³-hybridized carbons (Fsp3) is 0.222. The average molecular weight is 529 g/mol. The first-order chi connectivity index (χ1) is 18.8. The second-order valence-electron chi connectivity index (χ2n) is 11.9. The number of nitrogens with zero attached hydrogens (tertiary/aromatic N) is 1. The monoisotopic (exact) mass is 528 g/mol. The van der Waals surface area contributed by atoms with Crippen LogP contribution in [0.15, 0.2) is 97.2 Å². The van der Waals surface area contributed by atoms with Crippen molar-refractivity contribution in [3.8, 4) is 0 Å². The van der Waals surface area contributed by atoms with Crippen molar-refractivity contribution in [3.05, 3.63) is 141 Å². The number of aromatic amines is 1. The molecule has 1 N–H and O–H groups in total. The standard InChI is InChI=1S/C36H33ClN2/c1-22-17-18-30-27(19-22)28(21-39(30)20-24-12-6-5-7-13-24)33-35-31(26-15-10-11-23(2)34(26)38-35)32(36(33,3)4)25-14-8-9-16-29(25)37/h5-19,21,32-33,38H,20H2,1-4H3/t32-,33-/m1/s1. The molecule has 6 aromatic rings. The Morgan fingerprint density at radius 1 is 0.795 bits per heavy atom. The van der Waals surface area contributed by atoms with Gasteiger partial charge in [0.25, 0.3) is 0 Å². The minimum Gasteiger partial charge on any atom is -0.357 e. The Kier molecular flexibility index (Phi) is 5.54. The van der Waals surface area contributed by atoms with E-state index in [4.69, 9.17) is 11.6 Å². The zero-order chi connectivity index (χ0) is 26.9. The van der Waals surface area contributed by atoms with Gasteiger partial charge >= 0.3 is 0 Å². The van der Waals surface area contributed by atoms with Gasteiger partial charge in [-0.05, 0) is 65.3 Å². The van der Waals surface area contributed by atoms with Gasteiger partial charge in [0, 0.05) is 57.1 Å². The van der Waals surface area contributed by atoms with Crippen molar-refractivity contribution >= 4 is 33.4 Å². The molecule has 0 aliphatic heterocycles. The topological polar surface area (TPSA) is 20.7 Å². The third kappa shape index (κ3) is 3.69. The van der Waals surface area contributed by atoms with Crippen LogP contribution in [0, 0.1) is 19.3 Å². The largest absolute Gasteiger partial charge is 0.357 e. The molecule has 4 aromatic carbocycles. The maximum atomic E-state index is 6.94. The first-order valence-corrected chi connectivity index (χ1v) is 14.2. The van der Waals surface area contributed by atoms with Crippen molar-refractivity contribution < 1.29 is 0 Å². The highest BCUT2D eigenvalue weighted by atomic mass is 35.5. The number of benzene rings is 4. The Hall–Kier alpha value is -3.75. The summed E-state index contributed by atoms with van der Waals surface area (Å²) in [6.45, 7) is 10.1. The van der Waals surface area contributed by atoms with E-state index in [0.717, 1.165) is 11.6 Å². The van der Waals surface area contributed by atoms with Gasteiger partial charge in [-0.25, -0.2) is 0 Å². The fourth-order valence-electron chi connectivity index (χ4n) is 7.26. The zero-order valence-corrected chi connectivity index (χ0v) is 23.7. The molecule has 0 bridgehead atoms. The molecule has 1 aliphatic rings. The van der Waals surface area contributed by atoms with E-state index in [9.17, 15) is 0 Å². The quantitative estimate of drug-likeness (QED) is 0.235. The number of rotatable bonds is 4. The summed E-state index contributed by atoms with van der Waals surface area (Å²) in [4.78, 5) is 3.95. The highest BCUT2D eigenvalue weighted by Crippen LogP contribution is 2.63. The van der Waals surface area contributed by atoms with Crippen LogP contribution in [0.4, 0.5) is 0 Å². The maximum Gasteiger partial charge on any atom is 0.0489 e. The van der Waals surface area contributed by atoms with E-state index in [-0.39, 0.29) is 17.3 Å². The summed E-state index contributed by atoms with van der Waals surface area (Å²) in [5.41, 5.74) is 11.6. The molecular weight excluding hydrogens is 496 g/mol. The van der Waals surface area contributed by atoms with Crippen LogP contribution in [0.5, 0.6) is 0 Å². The van der Waals surface area contributed by atoms with Gasteiger partial charge in [0.05, 0.1) is 0 Å². The summed E-state index contributed by atoms with van der Waals surface area (Å²) in [7, 11) is 0. The fourth-order valence-corrected chi connectivity index (χ4v) is 7.50. The number of hydrogen-bond acceptors (Lipinski definition) is 0. The van der Waals surface area contributed by atoms with E-state index in [0.29, 0.717) is 0 Å². The lowest BCUT2D eigenvalue weighted by Crippen LogP contribution is -2.25.